The average molecular weight is 664 g/mol. The second kappa shape index (κ2) is 11.1. The zero-order valence-corrected chi connectivity index (χ0v) is 28.7. The van der Waals surface area contributed by atoms with E-state index in [-0.39, 0.29) is 0 Å². The van der Waals surface area contributed by atoms with Crippen LogP contribution in [0.5, 0.6) is 0 Å². The van der Waals surface area contributed by atoms with Gasteiger partial charge in [-0.15, -0.1) is 0 Å². The van der Waals surface area contributed by atoms with Crippen molar-refractivity contribution < 1.29 is 0 Å². The van der Waals surface area contributed by atoms with E-state index in [2.05, 4.69) is 203 Å². The molecule has 3 heteroatoms. The normalized spacial score (nSPS) is 11.9. The van der Waals surface area contributed by atoms with Gasteiger partial charge in [0.2, 0.25) is 0 Å². The van der Waals surface area contributed by atoms with E-state index >= 15 is 0 Å². The maximum Gasteiger partial charge on any atom is 0.0561 e. The van der Waals surface area contributed by atoms with Gasteiger partial charge in [0.1, 0.15) is 0 Å². The van der Waals surface area contributed by atoms with Crippen LogP contribution < -0.4 is 0 Å². The van der Waals surface area contributed by atoms with Crippen molar-refractivity contribution in [3.8, 4) is 28.2 Å². The fraction of sp³-hybridized carbons (Fsp3) is 0.0204. The van der Waals surface area contributed by atoms with Crippen molar-refractivity contribution in [3.05, 3.63) is 188 Å². The molecule has 0 aliphatic carbocycles. The lowest BCUT2D eigenvalue weighted by Crippen LogP contribution is -1.97. The molecular weight excluding hydrogens is 631 g/mol. The van der Waals surface area contributed by atoms with Gasteiger partial charge in [0.05, 0.1) is 33.1 Å². The van der Waals surface area contributed by atoms with Crippen molar-refractivity contribution in [2.75, 3.05) is 0 Å². The fourth-order valence-corrected chi connectivity index (χ4v) is 8.51. The summed E-state index contributed by atoms with van der Waals surface area (Å²) in [5.74, 6) is 0. The smallest absolute Gasteiger partial charge is 0.0561 e. The Hall–Kier alpha value is -6.84. The van der Waals surface area contributed by atoms with E-state index in [9.17, 15) is 0 Å². The summed E-state index contributed by atoms with van der Waals surface area (Å²) in [7, 11) is 0. The van der Waals surface area contributed by atoms with Crippen LogP contribution in [0.25, 0.3) is 93.6 Å². The van der Waals surface area contributed by atoms with Crippen molar-refractivity contribution >= 4 is 65.4 Å². The van der Waals surface area contributed by atoms with E-state index in [0.29, 0.717) is 0 Å². The molecule has 0 atom stereocenters. The fourth-order valence-electron chi connectivity index (χ4n) is 8.51. The van der Waals surface area contributed by atoms with Crippen molar-refractivity contribution in [2.24, 2.45) is 0 Å². The first kappa shape index (κ1) is 28.9. The summed E-state index contributed by atoms with van der Waals surface area (Å²) in [5, 5.41) is 7.54. The molecule has 0 spiro atoms. The van der Waals surface area contributed by atoms with Gasteiger partial charge in [-0.25, -0.2) is 0 Å². The summed E-state index contributed by atoms with van der Waals surface area (Å²) in [6.45, 7) is 2.14. The molecule has 8 aromatic carbocycles. The molecule has 3 aromatic heterocycles. The van der Waals surface area contributed by atoms with Crippen LogP contribution in [-0.2, 0) is 0 Å². The third-order valence-corrected chi connectivity index (χ3v) is 10.9. The summed E-state index contributed by atoms with van der Waals surface area (Å²) in [5.41, 5.74) is 14.4. The number of rotatable bonds is 4. The van der Waals surface area contributed by atoms with Crippen molar-refractivity contribution in [1.82, 2.24) is 13.7 Å². The molecule has 3 heterocycles. The van der Waals surface area contributed by atoms with Crippen LogP contribution in [-0.4, -0.2) is 13.7 Å². The Labute approximate surface area is 300 Å². The third-order valence-electron chi connectivity index (χ3n) is 10.9. The number of hydrogen-bond acceptors (Lipinski definition) is 0. The number of hydrogen-bond donors (Lipinski definition) is 0. The first-order valence-corrected chi connectivity index (χ1v) is 17.9. The highest BCUT2D eigenvalue weighted by Crippen LogP contribution is 2.40. The molecule has 244 valence electrons. The maximum atomic E-state index is 2.45. The van der Waals surface area contributed by atoms with Crippen LogP contribution in [0.4, 0.5) is 0 Å². The summed E-state index contributed by atoms with van der Waals surface area (Å²) >= 11 is 0. The molecule has 0 saturated carbocycles. The van der Waals surface area contributed by atoms with Crippen molar-refractivity contribution in [2.45, 2.75) is 6.92 Å². The molecule has 0 radical (unpaired) electrons. The number of para-hydroxylation sites is 4. The van der Waals surface area contributed by atoms with Crippen LogP contribution in [0.3, 0.4) is 0 Å². The Bertz CT molecular complexity index is 3170. The number of aryl methyl sites for hydroxylation is 1. The molecule has 0 aliphatic heterocycles. The molecule has 11 rings (SSSR count). The van der Waals surface area contributed by atoms with E-state index in [1.165, 1.54) is 87.8 Å². The molecule has 0 N–H and O–H groups in total. The quantitative estimate of drug-likeness (QED) is 0.178. The lowest BCUT2D eigenvalue weighted by molar-refractivity contribution is 1.15. The molecule has 0 saturated heterocycles. The van der Waals surface area contributed by atoms with Crippen LogP contribution in [0.15, 0.2) is 182 Å². The predicted octanol–water partition coefficient (Wildman–Crippen LogP) is 13.0. The average Bonchev–Trinajstić information content (AvgIpc) is 3.83. The topological polar surface area (TPSA) is 14.8 Å². The van der Waals surface area contributed by atoms with Crippen molar-refractivity contribution in [1.29, 1.82) is 0 Å². The Morgan fingerprint density at radius 1 is 0.269 bits per heavy atom. The number of fused-ring (bicyclic) bond motifs is 9. The Balaban J connectivity index is 1.14. The van der Waals surface area contributed by atoms with Gasteiger partial charge < -0.3 is 13.7 Å². The molecular formula is C49H33N3. The van der Waals surface area contributed by atoms with Gasteiger partial charge in [0.15, 0.2) is 0 Å². The van der Waals surface area contributed by atoms with Gasteiger partial charge in [0, 0.05) is 49.4 Å². The third kappa shape index (κ3) is 4.20. The van der Waals surface area contributed by atoms with E-state index in [1.807, 2.05) is 0 Å². The van der Waals surface area contributed by atoms with Crippen molar-refractivity contribution in [3.63, 3.8) is 0 Å². The Morgan fingerprint density at radius 3 is 1.37 bits per heavy atom. The lowest BCUT2D eigenvalue weighted by Gasteiger charge is -2.12. The SMILES string of the molecule is Cc1ccc(-n2c3ccccc3c3cc(-c4ccc5c6ccccc6n(-c6ccc7c8ccccc8n(-c8ccccc8)c7c6)c5c4)ccc32)cc1. The van der Waals surface area contributed by atoms with E-state index in [1.54, 1.807) is 0 Å². The predicted molar refractivity (Wildman–Crippen MR) is 220 cm³/mol. The van der Waals surface area contributed by atoms with Gasteiger partial charge in [0.25, 0.3) is 0 Å². The van der Waals surface area contributed by atoms with Gasteiger partial charge in [-0.05, 0) is 90.8 Å². The first-order chi connectivity index (χ1) is 25.7. The Kier molecular flexibility index (Phi) is 6.17. The van der Waals surface area contributed by atoms with E-state index in [4.69, 9.17) is 0 Å². The summed E-state index contributed by atoms with van der Waals surface area (Å²) in [4.78, 5) is 0. The minimum Gasteiger partial charge on any atom is -0.309 e. The minimum absolute atomic E-state index is 1.15. The van der Waals surface area contributed by atoms with E-state index < -0.39 is 0 Å². The first-order valence-electron chi connectivity index (χ1n) is 17.9. The molecule has 52 heavy (non-hydrogen) atoms. The monoisotopic (exact) mass is 663 g/mol. The maximum absolute atomic E-state index is 2.45. The Morgan fingerprint density at radius 2 is 0.692 bits per heavy atom. The summed E-state index contributed by atoms with van der Waals surface area (Å²) < 4.78 is 7.23. The second-order valence-electron chi connectivity index (χ2n) is 13.9. The molecule has 0 aliphatic rings. The van der Waals surface area contributed by atoms with Crippen LogP contribution in [0.2, 0.25) is 0 Å². The molecule has 0 unspecified atom stereocenters. The lowest BCUT2D eigenvalue weighted by atomic mass is 10.0. The summed E-state index contributed by atoms with van der Waals surface area (Å²) in [6.07, 6.45) is 0. The van der Waals surface area contributed by atoms with Crippen LogP contribution in [0, 0.1) is 6.92 Å². The highest BCUT2D eigenvalue weighted by Gasteiger charge is 2.18. The van der Waals surface area contributed by atoms with E-state index in [0.717, 1.165) is 11.4 Å². The molecule has 0 amide bonds. The molecule has 0 fully saturated rings. The van der Waals surface area contributed by atoms with Gasteiger partial charge >= 0.3 is 0 Å². The molecule has 11 aromatic rings. The van der Waals surface area contributed by atoms with Crippen LogP contribution in [0.1, 0.15) is 5.56 Å². The zero-order chi connectivity index (χ0) is 34.3. The highest BCUT2D eigenvalue weighted by atomic mass is 15.0. The number of nitrogens with zero attached hydrogens (tertiary/aromatic N) is 3. The highest BCUT2D eigenvalue weighted by molar-refractivity contribution is 6.13. The van der Waals surface area contributed by atoms with Gasteiger partial charge in [-0.2, -0.15) is 0 Å². The molecule has 0 bridgehead atoms. The van der Waals surface area contributed by atoms with Gasteiger partial charge in [-0.3, -0.25) is 0 Å². The minimum atomic E-state index is 1.15. The van der Waals surface area contributed by atoms with Gasteiger partial charge in [-0.1, -0.05) is 115 Å². The largest absolute Gasteiger partial charge is 0.309 e. The standard InChI is InChI=1S/C49H33N3/c1-32-19-23-36(24-20-32)50-46-18-10-7-15-40(46)43-29-33(22-28-47(43)50)34-21-26-41-38-13-6-9-17-45(38)52(48(41)30-34)37-25-27-42-39-14-5-8-16-44(39)51(49(42)31-37)35-11-3-2-4-12-35/h2-31H,1H3. The second-order valence-corrected chi connectivity index (χ2v) is 13.9. The van der Waals surface area contributed by atoms with Crippen LogP contribution >= 0.6 is 0 Å². The molecule has 3 nitrogen and oxygen atoms in total. The number of aromatic nitrogens is 3. The number of benzene rings is 8. The zero-order valence-electron chi connectivity index (χ0n) is 28.7. The summed E-state index contributed by atoms with van der Waals surface area (Å²) in [6, 6.07) is 66.7.